The van der Waals surface area contributed by atoms with Crippen molar-refractivity contribution in [1.29, 1.82) is 0 Å². The standard InChI is InChI=1S/C14H19ClN2O2S2/c1-11(2)17-10-14(7-12(17)8-15)21(18,19)16(3)9-13-5-4-6-20-13/h4-7,10-11H,8-9H2,1-3H3. The van der Waals surface area contributed by atoms with Crippen LogP contribution in [0.4, 0.5) is 0 Å². The third-order valence-electron chi connectivity index (χ3n) is 3.27. The molecule has 0 saturated carbocycles. The molecule has 7 heteroatoms. The van der Waals surface area contributed by atoms with Gasteiger partial charge in [-0.15, -0.1) is 22.9 Å². The van der Waals surface area contributed by atoms with E-state index in [9.17, 15) is 8.42 Å². The minimum absolute atomic E-state index is 0.172. The van der Waals surface area contributed by atoms with Crippen LogP contribution in [0.25, 0.3) is 0 Å². The SMILES string of the molecule is CC(C)n1cc(S(=O)(=O)N(C)Cc2cccs2)cc1CCl. The maximum Gasteiger partial charge on any atom is 0.244 e. The van der Waals surface area contributed by atoms with Gasteiger partial charge in [0.1, 0.15) is 4.90 Å². The van der Waals surface area contributed by atoms with Crippen molar-refractivity contribution in [3.05, 3.63) is 40.3 Å². The van der Waals surface area contributed by atoms with Crippen molar-refractivity contribution in [1.82, 2.24) is 8.87 Å². The molecule has 4 nitrogen and oxygen atoms in total. The van der Waals surface area contributed by atoms with Gasteiger partial charge in [0, 0.05) is 36.4 Å². The second kappa shape index (κ2) is 6.52. The number of aromatic nitrogens is 1. The van der Waals surface area contributed by atoms with E-state index in [0.717, 1.165) is 10.6 Å². The minimum Gasteiger partial charge on any atom is -0.346 e. The molecule has 0 spiro atoms. The highest BCUT2D eigenvalue weighted by molar-refractivity contribution is 7.89. The predicted molar refractivity (Wildman–Crippen MR) is 87.3 cm³/mol. The molecule has 0 fully saturated rings. The predicted octanol–water partition coefficient (Wildman–Crippen LogP) is 3.69. The van der Waals surface area contributed by atoms with Crippen LogP contribution in [0.2, 0.25) is 0 Å². The Morgan fingerprint density at radius 2 is 2.14 bits per heavy atom. The zero-order valence-corrected chi connectivity index (χ0v) is 14.7. The molecule has 2 rings (SSSR count). The number of hydrogen-bond donors (Lipinski definition) is 0. The monoisotopic (exact) mass is 346 g/mol. The van der Waals surface area contributed by atoms with E-state index in [1.165, 1.54) is 4.31 Å². The van der Waals surface area contributed by atoms with E-state index >= 15 is 0 Å². The summed E-state index contributed by atoms with van der Waals surface area (Å²) in [4.78, 5) is 1.31. The van der Waals surface area contributed by atoms with Crippen LogP contribution in [0.3, 0.4) is 0 Å². The van der Waals surface area contributed by atoms with Crippen LogP contribution in [-0.4, -0.2) is 24.3 Å². The van der Waals surface area contributed by atoms with Crippen molar-refractivity contribution in [3.63, 3.8) is 0 Å². The zero-order valence-electron chi connectivity index (χ0n) is 12.3. The first-order chi connectivity index (χ1) is 9.86. The number of hydrogen-bond acceptors (Lipinski definition) is 3. The van der Waals surface area contributed by atoms with Gasteiger partial charge >= 0.3 is 0 Å². The topological polar surface area (TPSA) is 42.3 Å². The Morgan fingerprint density at radius 1 is 1.43 bits per heavy atom. The molecule has 0 amide bonds. The van der Waals surface area contributed by atoms with Crippen molar-refractivity contribution in [2.45, 2.75) is 37.2 Å². The molecule has 2 aromatic rings. The van der Waals surface area contributed by atoms with Gasteiger partial charge in [0.25, 0.3) is 0 Å². The van der Waals surface area contributed by atoms with Gasteiger partial charge in [-0.3, -0.25) is 0 Å². The second-order valence-corrected chi connectivity index (χ2v) is 8.49. The van der Waals surface area contributed by atoms with Crippen LogP contribution in [0.1, 0.15) is 30.5 Å². The molecular weight excluding hydrogens is 328 g/mol. The first-order valence-electron chi connectivity index (χ1n) is 6.61. The van der Waals surface area contributed by atoms with Gasteiger partial charge in [0.05, 0.1) is 5.88 Å². The molecule has 0 aliphatic carbocycles. The lowest BCUT2D eigenvalue weighted by Gasteiger charge is -2.15. The Labute approximate surface area is 135 Å². The summed E-state index contributed by atoms with van der Waals surface area (Å²) in [6.07, 6.45) is 1.67. The summed E-state index contributed by atoms with van der Waals surface area (Å²) < 4.78 is 28.5. The number of rotatable bonds is 6. The van der Waals surface area contributed by atoms with Crippen molar-refractivity contribution in [2.75, 3.05) is 7.05 Å². The zero-order chi connectivity index (χ0) is 15.6. The molecule has 0 aromatic carbocycles. The Bertz CT molecular complexity index is 691. The molecule has 0 aliphatic rings. The van der Waals surface area contributed by atoms with Crippen LogP contribution in [-0.2, 0) is 22.4 Å². The maximum absolute atomic E-state index is 12.6. The smallest absolute Gasteiger partial charge is 0.244 e. The maximum atomic E-state index is 12.6. The Hall–Kier alpha value is -0.820. The molecular formula is C14H19ClN2O2S2. The van der Waals surface area contributed by atoms with E-state index in [-0.39, 0.29) is 6.04 Å². The van der Waals surface area contributed by atoms with Crippen LogP contribution >= 0.6 is 22.9 Å². The molecule has 116 valence electrons. The van der Waals surface area contributed by atoms with Gasteiger partial charge in [-0.1, -0.05) is 6.07 Å². The average Bonchev–Trinajstić information content (AvgIpc) is 3.06. The fourth-order valence-corrected chi connectivity index (χ4v) is 4.37. The van der Waals surface area contributed by atoms with Crippen molar-refractivity contribution >= 4 is 33.0 Å². The number of sulfonamides is 1. The molecule has 0 unspecified atom stereocenters. The summed E-state index contributed by atoms with van der Waals surface area (Å²) in [7, 11) is -1.90. The molecule has 2 heterocycles. The lowest BCUT2D eigenvalue weighted by atomic mass is 10.4. The van der Waals surface area contributed by atoms with Crippen LogP contribution < -0.4 is 0 Å². The summed E-state index contributed by atoms with van der Waals surface area (Å²) in [5.41, 5.74) is 0.815. The minimum atomic E-state index is -3.50. The molecule has 0 atom stereocenters. The summed E-state index contributed by atoms with van der Waals surface area (Å²) in [5.74, 6) is 0.294. The second-order valence-electron chi connectivity index (χ2n) is 5.14. The largest absolute Gasteiger partial charge is 0.346 e. The highest BCUT2D eigenvalue weighted by Gasteiger charge is 2.24. The first-order valence-corrected chi connectivity index (χ1v) is 9.47. The van der Waals surface area contributed by atoms with Crippen molar-refractivity contribution < 1.29 is 8.42 Å². The van der Waals surface area contributed by atoms with Gasteiger partial charge in [-0.25, -0.2) is 8.42 Å². The van der Waals surface area contributed by atoms with Crippen LogP contribution in [0, 0.1) is 0 Å². The Balaban J connectivity index is 2.30. The molecule has 0 N–H and O–H groups in total. The highest BCUT2D eigenvalue weighted by Crippen LogP contribution is 2.24. The van der Waals surface area contributed by atoms with Gasteiger partial charge in [0.15, 0.2) is 0 Å². The average molecular weight is 347 g/mol. The number of alkyl halides is 1. The molecule has 0 radical (unpaired) electrons. The van der Waals surface area contributed by atoms with Gasteiger partial charge in [0.2, 0.25) is 10.0 Å². The van der Waals surface area contributed by atoms with E-state index in [2.05, 4.69) is 0 Å². The quantitative estimate of drug-likeness (QED) is 0.748. The lowest BCUT2D eigenvalue weighted by Crippen LogP contribution is -2.25. The first kappa shape index (κ1) is 16.5. The van der Waals surface area contributed by atoms with Gasteiger partial charge in [-0.2, -0.15) is 4.31 Å². The summed E-state index contributed by atoms with van der Waals surface area (Å²) >= 11 is 7.45. The summed E-state index contributed by atoms with van der Waals surface area (Å²) in [6.45, 7) is 4.38. The molecule has 2 aromatic heterocycles. The Morgan fingerprint density at radius 3 is 2.62 bits per heavy atom. The summed E-state index contributed by atoms with van der Waals surface area (Å²) in [5, 5.41) is 1.94. The highest BCUT2D eigenvalue weighted by atomic mass is 35.5. The lowest BCUT2D eigenvalue weighted by molar-refractivity contribution is 0.469. The molecule has 0 aliphatic heterocycles. The fraction of sp³-hybridized carbons (Fsp3) is 0.429. The number of nitrogens with zero attached hydrogens (tertiary/aromatic N) is 2. The van der Waals surface area contributed by atoms with E-state index in [0.29, 0.717) is 17.3 Å². The van der Waals surface area contributed by atoms with E-state index in [4.69, 9.17) is 11.6 Å². The normalized spacial score (nSPS) is 12.5. The Kier molecular flexibility index (Phi) is 5.14. The number of thiophene rings is 1. The molecule has 0 saturated heterocycles. The van der Waals surface area contributed by atoms with Gasteiger partial charge < -0.3 is 4.57 Å². The third kappa shape index (κ3) is 3.51. The van der Waals surface area contributed by atoms with Crippen LogP contribution in [0.5, 0.6) is 0 Å². The molecule has 21 heavy (non-hydrogen) atoms. The van der Waals surface area contributed by atoms with E-state index in [1.54, 1.807) is 30.6 Å². The van der Waals surface area contributed by atoms with E-state index < -0.39 is 10.0 Å². The van der Waals surface area contributed by atoms with Gasteiger partial charge in [-0.05, 0) is 31.4 Å². The van der Waals surface area contributed by atoms with Crippen LogP contribution in [0.15, 0.2) is 34.7 Å². The van der Waals surface area contributed by atoms with E-state index in [1.807, 2.05) is 35.9 Å². The number of halogens is 1. The fourth-order valence-electron chi connectivity index (χ4n) is 2.11. The van der Waals surface area contributed by atoms with Crippen molar-refractivity contribution in [3.8, 4) is 0 Å². The third-order valence-corrected chi connectivity index (χ3v) is 6.17. The molecule has 0 bridgehead atoms. The summed E-state index contributed by atoms with van der Waals surface area (Å²) in [6, 6.07) is 5.68. The van der Waals surface area contributed by atoms with Crippen molar-refractivity contribution in [2.24, 2.45) is 0 Å².